The lowest BCUT2D eigenvalue weighted by Crippen LogP contribution is -2.24. The van der Waals surface area contributed by atoms with Crippen LogP contribution in [0.25, 0.3) is 0 Å². The highest BCUT2D eigenvalue weighted by molar-refractivity contribution is 7.16. The minimum atomic E-state index is 0.0613. The number of carbonyl (C=O) groups is 1. The molecule has 1 saturated heterocycles. The molecule has 0 N–H and O–H groups in total. The highest BCUT2D eigenvalue weighted by Crippen LogP contribution is 2.35. The van der Waals surface area contributed by atoms with Crippen LogP contribution >= 0.6 is 11.3 Å². The number of carbonyl (C=O) groups excluding carboxylic acids is 1. The third-order valence-corrected chi connectivity index (χ3v) is 4.36. The van der Waals surface area contributed by atoms with Gasteiger partial charge in [-0.1, -0.05) is 0 Å². The van der Waals surface area contributed by atoms with Crippen LogP contribution in [0.4, 0.5) is 5.13 Å². The molecule has 0 radical (unpaired) electrons. The standard InChI is InChI=1S/C12H12N2OS/c1-2-8-6-11(15)14(7-8)12-13-9-4-3-5-10(9)16-12/h1,8H,3-7H2. The van der Waals surface area contributed by atoms with Crippen molar-refractivity contribution in [3.63, 3.8) is 0 Å². The summed E-state index contributed by atoms with van der Waals surface area (Å²) in [5.74, 6) is 2.84. The number of hydrogen-bond acceptors (Lipinski definition) is 3. The zero-order valence-corrected chi connectivity index (χ0v) is 9.72. The molecule has 1 aliphatic carbocycles. The van der Waals surface area contributed by atoms with Crippen LogP contribution in [0.15, 0.2) is 0 Å². The fourth-order valence-electron chi connectivity index (χ4n) is 2.30. The highest BCUT2D eigenvalue weighted by Gasteiger charge is 2.32. The van der Waals surface area contributed by atoms with Crippen molar-refractivity contribution in [2.24, 2.45) is 5.92 Å². The summed E-state index contributed by atoms with van der Waals surface area (Å²) in [5.41, 5.74) is 1.19. The number of anilines is 1. The van der Waals surface area contributed by atoms with Gasteiger partial charge in [0.15, 0.2) is 5.13 Å². The van der Waals surface area contributed by atoms with Crippen LogP contribution in [-0.2, 0) is 17.6 Å². The van der Waals surface area contributed by atoms with Crippen molar-refractivity contribution < 1.29 is 4.79 Å². The van der Waals surface area contributed by atoms with Gasteiger partial charge in [0, 0.05) is 23.8 Å². The average molecular weight is 232 g/mol. The molecule has 1 atom stereocenters. The Bertz CT molecular complexity index is 464. The summed E-state index contributed by atoms with van der Waals surface area (Å²) >= 11 is 1.66. The number of fused-ring (bicyclic) bond motifs is 1. The van der Waals surface area contributed by atoms with E-state index in [2.05, 4.69) is 10.9 Å². The number of hydrogen-bond donors (Lipinski definition) is 0. The van der Waals surface area contributed by atoms with Crippen LogP contribution < -0.4 is 4.90 Å². The first-order chi connectivity index (χ1) is 7.78. The number of aryl methyl sites for hydroxylation is 2. The van der Waals surface area contributed by atoms with E-state index in [0.717, 1.165) is 18.0 Å². The molecule has 0 spiro atoms. The lowest BCUT2D eigenvalue weighted by molar-refractivity contribution is -0.117. The summed E-state index contributed by atoms with van der Waals surface area (Å²) in [5, 5.41) is 0.854. The summed E-state index contributed by atoms with van der Waals surface area (Å²) in [6.45, 7) is 0.641. The second-order valence-corrected chi connectivity index (χ2v) is 5.35. The Morgan fingerprint density at radius 1 is 1.50 bits per heavy atom. The maximum atomic E-state index is 11.8. The van der Waals surface area contributed by atoms with Gasteiger partial charge in [0.2, 0.25) is 5.91 Å². The highest BCUT2D eigenvalue weighted by atomic mass is 32.1. The molecule has 1 aromatic rings. The fourth-order valence-corrected chi connectivity index (χ4v) is 3.47. The molecule has 2 heterocycles. The molecular weight excluding hydrogens is 220 g/mol. The van der Waals surface area contributed by atoms with Crippen molar-refractivity contribution >= 4 is 22.4 Å². The van der Waals surface area contributed by atoms with Crippen molar-refractivity contribution in [3.8, 4) is 12.3 Å². The second-order valence-electron chi connectivity index (χ2n) is 4.29. The molecule has 1 aliphatic heterocycles. The number of amides is 1. The number of nitrogens with zero attached hydrogens (tertiary/aromatic N) is 2. The van der Waals surface area contributed by atoms with E-state index in [1.807, 2.05) is 0 Å². The molecule has 4 heteroatoms. The molecule has 2 aliphatic rings. The first kappa shape index (κ1) is 9.86. The van der Waals surface area contributed by atoms with Crippen molar-refractivity contribution in [3.05, 3.63) is 10.6 Å². The van der Waals surface area contributed by atoms with Gasteiger partial charge < -0.3 is 0 Å². The summed E-state index contributed by atoms with van der Waals surface area (Å²) in [4.78, 5) is 19.4. The average Bonchev–Trinajstić information content (AvgIpc) is 2.89. The maximum Gasteiger partial charge on any atom is 0.230 e. The van der Waals surface area contributed by atoms with Crippen LogP contribution in [0.3, 0.4) is 0 Å². The van der Waals surface area contributed by atoms with E-state index in [9.17, 15) is 4.79 Å². The van der Waals surface area contributed by atoms with Crippen LogP contribution in [-0.4, -0.2) is 17.4 Å². The van der Waals surface area contributed by atoms with Gasteiger partial charge in [-0.2, -0.15) is 0 Å². The monoisotopic (exact) mass is 232 g/mol. The van der Waals surface area contributed by atoms with Gasteiger partial charge in [-0.3, -0.25) is 9.69 Å². The zero-order chi connectivity index (χ0) is 11.1. The Morgan fingerprint density at radius 2 is 2.38 bits per heavy atom. The van der Waals surface area contributed by atoms with Gasteiger partial charge >= 0.3 is 0 Å². The third-order valence-electron chi connectivity index (χ3n) is 3.18. The molecule has 0 bridgehead atoms. The maximum absolute atomic E-state index is 11.8. The summed E-state index contributed by atoms with van der Waals surface area (Å²) in [6, 6.07) is 0. The second kappa shape index (κ2) is 3.60. The van der Waals surface area contributed by atoms with Crippen molar-refractivity contribution in [2.45, 2.75) is 25.7 Å². The van der Waals surface area contributed by atoms with E-state index in [4.69, 9.17) is 6.42 Å². The molecule has 1 amide bonds. The summed E-state index contributed by atoms with van der Waals surface area (Å²) in [6.07, 6.45) is 9.22. The molecule has 16 heavy (non-hydrogen) atoms. The normalized spacial score (nSPS) is 23.6. The van der Waals surface area contributed by atoms with Crippen LogP contribution in [0.5, 0.6) is 0 Å². The van der Waals surface area contributed by atoms with Crippen LogP contribution in [0.2, 0.25) is 0 Å². The largest absolute Gasteiger partial charge is 0.287 e. The van der Waals surface area contributed by atoms with Gasteiger partial charge in [0.25, 0.3) is 0 Å². The smallest absolute Gasteiger partial charge is 0.230 e. The van der Waals surface area contributed by atoms with Crippen LogP contribution in [0.1, 0.15) is 23.4 Å². The Balaban J connectivity index is 1.87. The Kier molecular flexibility index (Phi) is 2.22. The Morgan fingerprint density at radius 3 is 3.06 bits per heavy atom. The van der Waals surface area contributed by atoms with E-state index in [1.54, 1.807) is 16.2 Å². The third kappa shape index (κ3) is 1.43. The number of aromatic nitrogens is 1. The van der Waals surface area contributed by atoms with Gasteiger partial charge in [-0.15, -0.1) is 23.7 Å². The zero-order valence-electron chi connectivity index (χ0n) is 8.90. The minimum Gasteiger partial charge on any atom is -0.287 e. The first-order valence-electron chi connectivity index (χ1n) is 5.53. The van der Waals surface area contributed by atoms with Gasteiger partial charge in [0.05, 0.1) is 5.69 Å². The van der Waals surface area contributed by atoms with Crippen molar-refractivity contribution in [1.82, 2.24) is 4.98 Å². The SMILES string of the molecule is C#CC1CC(=O)N(c2nc3c(s2)CCC3)C1. The van der Waals surface area contributed by atoms with Crippen LogP contribution in [0, 0.1) is 18.3 Å². The van der Waals surface area contributed by atoms with E-state index >= 15 is 0 Å². The molecule has 3 rings (SSSR count). The number of rotatable bonds is 1. The predicted molar refractivity (Wildman–Crippen MR) is 63.4 cm³/mol. The number of terminal acetylenes is 1. The summed E-state index contributed by atoms with van der Waals surface area (Å²) < 4.78 is 0. The molecule has 1 fully saturated rings. The quantitative estimate of drug-likeness (QED) is 0.689. The first-order valence-corrected chi connectivity index (χ1v) is 6.34. The molecule has 0 saturated carbocycles. The van der Waals surface area contributed by atoms with E-state index < -0.39 is 0 Å². The van der Waals surface area contributed by atoms with E-state index in [1.165, 1.54) is 17.0 Å². The number of thiazole rings is 1. The van der Waals surface area contributed by atoms with Gasteiger partial charge in [0.1, 0.15) is 0 Å². The van der Waals surface area contributed by atoms with Crippen molar-refractivity contribution in [2.75, 3.05) is 11.4 Å². The van der Waals surface area contributed by atoms with Gasteiger partial charge in [-0.05, 0) is 19.3 Å². The minimum absolute atomic E-state index is 0.0613. The molecule has 1 unspecified atom stereocenters. The van der Waals surface area contributed by atoms with E-state index in [0.29, 0.717) is 13.0 Å². The molecule has 0 aromatic carbocycles. The fraction of sp³-hybridized carbons (Fsp3) is 0.500. The molecule has 1 aromatic heterocycles. The summed E-state index contributed by atoms with van der Waals surface area (Å²) in [7, 11) is 0. The molecule has 3 nitrogen and oxygen atoms in total. The molecular formula is C12H12N2OS. The Hall–Kier alpha value is -1.34. The predicted octanol–water partition coefficient (Wildman–Crippen LogP) is 1.62. The van der Waals surface area contributed by atoms with E-state index in [-0.39, 0.29) is 11.8 Å². The van der Waals surface area contributed by atoms with Gasteiger partial charge in [-0.25, -0.2) is 4.98 Å². The molecule has 82 valence electrons. The van der Waals surface area contributed by atoms with Crippen molar-refractivity contribution in [1.29, 1.82) is 0 Å². The Labute approximate surface area is 98.5 Å². The lowest BCUT2D eigenvalue weighted by Gasteiger charge is -2.11. The topological polar surface area (TPSA) is 33.2 Å². The lowest BCUT2D eigenvalue weighted by atomic mass is 10.1.